The van der Waals surface area contributed by atoms with Crippen LogP contribution in [0.15, 0.2) is 65.6 Å². The molecule has 1 aliphatic heterocycles. The number of benzene rings is 3. The fourth-order valence-electron chi connectivity index (χ4n) is 3.93. The lowest BCUT2D eigenvalue weighted by Crippen LogP contribution is -2.36. The second-order valence-electron chi connectivity index (χ2n) is 7.87. The third-order valence-corrected chi connectivity index (χ3v) is 8.13. The van der Waals surface area contributed by atoms with Crippen LogP contribution >= 0.6 is 11.6 Å². The van der Waals surface area contributed by atoms with Gasteiger partial charge in [0.25, 0.3) is 5.91 Å². The van der Waals surface area contributed by atoms with Crippen LogP contribution in [0.25, 0.3) is 0 Å². The molecule has 3 aromatic carbocycles. The maximum Gasteiger partial charge on any atom is 0.251 e. The Balaban J connectivity index is 1.52. The summed E-state index contributed by atoms with van der Waals surface area (Å²) in [4.78, 5) is 12.7. The third-order valence-electron chi connectivity index (χ3n) is 5.81. The summed E-state index contributed by atoms with van der Waals surface area (Å²) in [5.41, 5.74) is 3.13. The van der Waals surface area contributed by atoms with Crippen molar-refractivity contribution < 1.29 is 22.7 Å². The van der Waals surface area contributed by atoms with Crippen LogP contribution in [0.5, 0.6) is 11.5 Å². The van der Waals surface area contributed by atoms with Gasteiger partial charge in [-0.2, -0.15) is 4.31 Å². The van der Waals surface area contributed by atoms with E-state index in [4.69, 9.17) is 21.1 Å². The molecule has 1 aliphatic rings. The van der Waals surface area contributed by atoms with Crippen molar-refractivity contribution in [3.8, 4) is 11.5 Å². The quantitative estimate of drug-likeness (QED) is 0.529. The summed E-state index contributed by atoms with van der Waals surface area (Å²) in [6.45, 7) is 0.850. The fraction of sp³-hybridized carbons (Fsp3) is 0.240. The van der Waals surface area contributed by atoms with Crippen LogP contribution in [-0.4, -0.2) is 39.4 Å². The summed E-state index contributed by atoms with van der Waals surface area (Å²) in [7, 11) is -0.796. The van der Waals surface area contributed by atoms with Crippen LogP contribution in [0, 0.1) is 0 Å². The molecule has 0 unspecified atom stereocenters. The number of nitrogens with zero attached hydrogens (tertiary/aromatic N) is 1. The van der Waals surface area contributed by atoms with Gasteiger partial charge in [0.15, 0.2) is 11.5 Å². The van der Waals surface area contributed by atoms with Gasteiger partial charge < -0.3 is 14.8 Å². The third kappa shape index (κ3) is 4.89. The van der Waals surface area contributed by atoms with E-state index in [1.807, 2.05) is 30.3 Å². The summed E-state index contributed by atoms with van der Waals surface area (Å²) in [5, 5.41) is 2.89. The molecule has 0 bridgehead atoms. The first-order chi connectivity index (χ1) is 16.3. The zero-order valence-corrected chi connectivity index (χ0v) is 20.4. The van der Waals surface area contributed by atoms with Gasteiger partial charge >= 0.3 is 0 Å². The molecule has 1 N–H and O–H groups in total. The fourth-order valence-corrected chi connectivity index (χ4v) is 5.85. The zero-order chi connectivity index (χ0) is 24.3. The number of carbonyl (C=O) groups is 1. The molecule has 0 radical (unpaired) electrons. The number of rotatable bonds is 7. The molecule has 4 rings (SSSR count). The Morgan fingerprint density at radius 2 is 1.74 bits per heavy atom. The highest BCUT2D eigenvalue weighted by Gasteiger charge is 2.30. The van der Waals surface area contributed by atoms with E-state index in [1.54, 1.807) is 19.2 Å². The highest BCUT2D eigenvalue weighted by Crippen LogP contribution is 2.30. The van der Waals surface area contributed by atoms with E-state index in [2.05, 4.69) is 5.32 Å². The molecule has 9 heteroatoms. The Hall–Kier alpha value is -3.07. The van der Waals surface area contributed by atoms with Crippen molar-refractivity contribution in [1.29, 1.82) is 0 Å². The molecule has 3 aromatic rings. The molecular weight excluding hydrogens is 476 g/mol. The lowest BCUT2D eigenvalue weighted by Gasteiger charge is -2.28. The average Bonchev–Trinajstić information content (AvgIpc) is 2.86. The van der Waals surface area contributed by atoms with Gasteiger partial charge in [0.1, 0.15) is 4.90 Å². The highest BCUT2D eigenvalue weighted by atomic mass is 35.5. The van der Waals surface area contributed by atoms with E-state index in [-0.39, 0.29) is 28.6 Å². The van der Waals surface area contributed by atoms with Crippen molar-refractivity contribution in [2.75, 3.05) is 20.8 Å². The van der Waals surface area contributed by atoms with E-state index in [9.17, 15) is 13.2 Å². The van der Waals surface area contributed by atoms with Crippen LogP contribution in [-0.2, 0) is 29.5 Å². The molecular formula is C25H25ClN2O5S. The summed E-state index contributed by atoms with van der Waals surface area (Å²) in [6, 6.07) is 17.4. The first-order valence-electron chi connectivity index (χ1n) is 10.7. The predicted octanol–water partition coefficient (Wildman–Crippen LogP) is 4.03. The number of halogens is 1. The van der Waals surface area contributed by atoms with Gasteiger partial charge in [-0.05, 0) is 53.4 Å². The Kier molecular flexibility index (Phi) is 7.11. The number of hydrogen-bond donors (Lipinski definition) is 1. The minimum Gasteiger partial charge on any atom is -0.493 e. The van der Waals surface area contributed by atoms with E-state index in [1.165, 1.54) is 29.6 Å². The first-order valence-corrected chi connectivity index (χ1v) is 12.5. The number of nitrogens with one attached hydrogen (secondary N) is 1. The standard InChI is InChI=1S/C25H25ClN2O5S/c1-32-22-10-7-17(13-23(22)33-2)15-27-25(29)19-8-9-21(26)24(14-19)34(30,31)28-12-11-18-5-3-4-6-20(18)16-28/h3-10,13-14H,11-12,15-16H2,1-2H3,(H,27,29). The number of amides is 1. The maximum atomic E-state index is 13.4. The van der Waals surface area contributed by atoms with E-state index in [0.717, 1.165) is 16.7 Å². The smallest absolute Gasteiger partial charge is 0.251 e. The van der Waals surface area contributed by atoms with Crippen LogP contribution < -0.4 is 14.8 Å². The SMILES string of the molecule is COc1ccc(CNC(=O)c2ccc(Cl)c(S(=O)(=O)N3CCc4ccccc4C3)c2)cc1OC. The largest absolute Gasteiger partial charge is 0.493 e. The lowest BCUT2D eigenvalue weighted by molar-refractivity contribution is 0.0950. The van der Waals surface area contributed by atoms with E-state index in [0.29, 0.717) is 24.5 Å². The zero-order valence-electron chi connectivity index (χ0n) is 18.9. The predicted molar refractivity (Wildman–Crippen MR) is 130 cm³/mol. The Bertz CT molecular complexity index is 1330. The van der Waals surface area contributed by atoms with Crippen molar-refractivity contribution in [2.45, 2.75) is 24.4 Å². The van der Waals surface area contributed by atoms with Gasteiger partial charge in [0.05, 0.1) is 19.2 Å². The second-order valence-corrected chi connectivity index (χ2v) is 10.2. The first kappa shape index (κ1) is 24.1. The molecule has 0 atom stereocenters. The molecule has 0 spiro atoms. The molecule has 1 heterocycles. The van der Waals surface area contributed by atoms with Crippen LogP contribution in [0.3, 0.4) is 0 Å². The Morgan fingerprint density at radius 1 is 1.00 bits per heavy atom. The van der Waals surface area contributed by atoms with Crippen molar-refractivity contribution in [2.24, 2.45) is 0 Å². The number of sulfonamides is 1. The molecule has 0 fully saturated rings. The number of carbonyl (C=O) groups excluding carboxylic acids is 1. The molecule has 7 nitrogen and oxygen atoms in total. The minimum absolute atomic E-state index is 0.0766. The van der Waals surface area contributed by atoms with Gasteiger partial charge in [0.2, 0.25) is 10.0 Å². The summed E-state index contributed by atoms with van der Waals surface area (Å²) in [6.07, 6.45) is 0.624. The van der Waals surface area contributed by atoms with Crippen LogP contribution in [0.4, 0.5) is 0 Å². The molecule has 0 aliphatic carbocycles. The number of fused-ring (bicyclic) bond motifs is 1. The number of hydrogen-bond acceptors (Lipinski definition) is 5. The van der Waals surface area contributed by atoms with Crippen LogP contribution in [0.1, 0.15) is 27.0 Å². The normalized spacial score (nSPS) is 13.7. The summed E-state index contributed by atoms with van der Waals surface area (Å²) < 4.78 is 38.7. The van der Waals surface area contributed by atoms with Crippen molar-refractivity contribution in [3.05, 3.63) is 87.9 Å². The summed E-state index contributed by atoms with van der Waals surface area (Å²) in [5.74, 6) is 0.731. The highest BCUT2D eigenvalue weighted by molar-refractivity contribution is 7.89. The number of methoxy groups -OCH3 is 2. The lowest BCUT2D eigenvalue weighted by atomic mass is 10.0. The minimum atomic E-state index is -3.88. The second kappa shape index (κ2) is 10.0. The van der Waals surface area contributed by atoms with Gasteiger partial charge in [0, 0.05) is 25.2 Å². The topological polar surface area (TPSA) is 84.9 Å². The van der Waals surface area contributed by atoms with E-state index < -0.39 is 15.9 Å². The molecule has 0 saturated heterocycles. The van der Waals surface area contributed by atoms with Crippen molar-refractivity contribution in [3.63, 3.8) is 0 Å². The maximum absolute atomic E-state index is 13.4. The molecule has 34 heavy (non-hydrogen) atoms. The Morgan fingerprint density at radius 3 is 2.47 bits per heavy atom. The molecule has 1 amide bonds. The molecule has 0 saturated carbocycles. The Labute approximate surface area is 204 Å². The van der Waals surface area contributed by atoms with Gasteiger partial charge in [-0.3, -0.25) is 4.79 Å². The van der Waals surface area contributed by atoms with E-state index >= 15 is 0 Å². The van der Waals surface area contributed by atoms with Gasteiger partial charge in [-0.1, -0.05) is 41.9 Å². The average molecular weight is 501 g/mol. The summed E-state index contributed by atoms with van der Waals surface area (Å²) >= 11 is 6.28. The molecule has 178 valence electrons. The van der Waals surface area contributed by atoms with Crippen molar-refractivity contribution >= 4 is 27.5 Å². The number of ether oxygens (including phenoxy) is 2. The molecule has 0 aromatic heterocycles. The van der Waals surface area contributed by atoms with Gasteiger partial charge in [-0.25, -0.2) is 8.42 Å². The van der Waals surface area contributed by atoms with Crippen LogP contribution in [0.2, 0.25) is 5.02 Å². The monoisotopic (exact) mass is 500 g/mol. The van der Waals surface area contributed by atoms with Gasteiger partial charge in [-0.15, -0.1) is 0 Å². The van der Waals surface area contributed by atoms with Crippen molar-refractivity contribution in [1.82, 2.24) is 9.62 Å².